The number of nitrogens with zero attached hydrogens (tertiary/aromatic N) is 2. The second-order valence-electron chi connectivity index (χ2n) is 3.96. The number of nitro benzene ring substituents is 1. The van der Waals surface area contributed by atoms with Crippen molar-refractivity contribution in [2.45, 2.75) is 20.0 Å². The lowest BCUT2D eigenvalue weighted by molar-refractivity contribution is -0.384. The molecule has 0 aliphatic carbocycles. The minimum absolute atomic E-state index is 0. The fourth-order valence-electron chi connectivity index (χ4n) is 1.57. The summed E-state index contributed by atoms with van der Waals surface area (Å²) < 4.78 is 4.94. The number of benzene rings is 1. The molecule has 0 unspecified atom stereocenters. The van der Waals surface area contributed by atoms with E-state index in [0.29, 0.717) is 13.1 Å². The van der Waals surface area contributed by atoms with Crippen LogP contribution in [-0.2, 0) is 13.1 Å². The van der Waals surface area contributed by atoms with Crippen LogP contribution in [0.3, 0.4) is 0 Å². The Labute approximate surface area is 116 Å². The van der Waals surface area contributed by atoms with Crippen molar-refractivity contribution in [3.63, 3.8) is 0 Å². The van der Waals surface area contributed by atoms with E-state index in [9.17, 15) is 10.1 Å². The average molecular weight is 284 g/mol. The molecule has 0 saturated heterocycles. The second-order valence-corrected chi connectivity index (χ2v) is 3.96. The first-order chi connectivity index (χ1) is 8.65. The molecule has 102 valence electrons. The molecule has 0 amide bonds. The molecule has 7 heteroatoms. The molecule has 6 nitrogen and oxygen atoms in total. The Balaban J connectivity index is 0.00000180. The average Bonchev–Trinajstić information content (AvgIpc) is 2.76. The van der Waals surface area contributed by atoms with Gasteiger partial charge in [0.05, 0.1) is 10.6 Å². The Hall–Kier alpha value is -1.92. The van der Waals surface area contributed by atoms with Gasteiger partial charge >= 0.3 is 0 Å². The highest BCUT2D eigenvalue weighted by Crippen LogP contribution is 2.11. The van der Waals surface area contributed by atoms with E-state index in [1.807, 2.05) is 13.0 Å². The molecule has 1 heterocycles. The Morgan fingerprint density at radius 3 is 2.53 bits per heavy atom. The van der Waals surface area contributed by atoms with E-state index in [2.05, 4.69) is 10.5 Å². The van der Waals surface area contributed by atoms with E-state index < -0.39 is 4.92 Å². The highest BCUT2D eigenvalue weighted by Gasteiger charge is 2.04. The topological polar surface area (TPSA) is 81.2 Å². The maximum absolute atomic E-state index is 10.5. The van der Waals surface area contributed by atoms with Gasteiger partial charge in [0.2, 0.25) is 0 Å². The smallest absolute Gasteiger partial charge is 0.269 e. The van der Waals surface area contributed by atoms with Crippen LogP contribution in [0.1, 0.15) is 17.0 Å². The van der Waals surface area contributed by atoms with Gasteiger partial charge in [-0.1, -0.05) is 17.3 Å². The van der Waals surface area contributed by atoms with Crippen molar-refractivity contribution >= 4 is 18.1 Å². The molecule has 1 N–H and O–H groups in total. The van der Waals surface area contributed by atoms with Crippen LogP contribution >= 0.6 is 12.4 Å². The maximum Gasteiger partial charge on any atom is 0.269 e. The third kappa shape index (κ3) is 4.35. The fraction of sp³-hybridized carbons (Fsp3) is 0.250. The number of aromatic nitrogens is 1. The van der Waals surface area contributed by atoms with Crippen LogP contribution in [0.2, 0.25) is 0 Å². The summed E-state index contributed by atoms with van der Waals surface area (Å²) in [6, 6.07) is 8.33. The zero-order chi connectivity index (χ0) is 13.0. The van der Waals surface area contributed by atoms with Crippen molar-refractivity contribution in [3.8, 4) is 0 Å². The molecule has 0 aliphatic heterocycles. The van der Waals surface area contributed by atoms with Gasteiger partial charge in [-0.25, -0.2) is 0 Å². The van der Waals surface area contributed by atoms with E-state index in [1.54, 1.807) is 12.1 Å². The Morgan fingerprint density at radius 2 is 2.00 bits per heavy atom. The molecule has 0 bridgehead atoms. The quantitative estimate of drug-likeness (QED) is 0.674. The molecule has 0 saturated carbocycles. The molecule has 0 radical (unpaired) electrons. The van der Waals surface area contributed by atoms with Gasteiger partial charge in [-0.3, -0.25) is 10.1 Å². The first-order valence-electron chi connectivity index (χ1n) is 5.51. The van der Waals surface area contributed by atoms with Crippen LogP contribution in [0.4, 0.5) is 5.69 Å². The third-order valence-electron chi connectivity index (χ3n) is 2.46. The summed E-state index contributed by atoms with van der Waals surface area (Å²) in [5.74, 6) is 0.780. The zero-order valence-electron chi connectivity index (χ0n) is 10.3. The summed E-state index contributed by atoms with van der Waals surface area (Å²) in [6.07, 6.45) is 0. The first-order valence-corrected chi connectivity index (χ1v) is 5.51. The lowest BCUT2D eigenvalue weighted by Gasteiger charge is -2.02. The first kappa shape index (κ1) is 15.1. The lowest BCUT2D eigenvalue weighted by atomic mass is 10.2. The van der Waals surface area contributed by atoms with E-state index in [1.165, 1.54) is 12.1 Å². The van der Waals surface area contributed by atoms with E-state index in [0.717, 1.165) is 17.0 Å². The molecule has 0 atom stereocenters. The molecular weight excluding hydrogens is 270 g/mol. The van der Waals surface area contributed by atoms with Gasteiger partial charge < -0.3 is 9.84 Å². The minimum atomic E-state index is -0.407. The summed E-state index contributed by atoms with van der Waals surface area (Å²) in [4.78, 5) is 10.1. The van der Waals surface area contributed by atoms with E-state index in [-0.39, 0.29) is 18.1 Å². The number of non-ortho nitro benzene ring substituents is 1. The van der Waals surface area contributed by atoms with Crippen molar-refractivity contribution in [2.75, 3.05) is 0 Å². The Kier molecular flexibility index (Phi) is 5.47. The summed E-state index contributed by atoms with van der Waals surface area (Å²) >= 11 is 0. The largest absolute Gasteiger partial charge is 0.361 e. The van der Waals surface area contributed by atoms with Gasteiger partial charge in [0.1, 0.15) is 5.76 Å². The van der Waals surface area contributed by atoms with Crippen LogP contribution in [0.25, 0.3) is 0 Å². The summed E-state index contributed by atoms with van der Waals surface area (Å²) in [7, 11) is 0. The third-order valence-corrected chi connectivity index (χ3v) is 2.46. The molecule has 0 spiro atoms. The van der Waals surface area contributed by atoms with Crippen LogP contribution < -0.4 is 5.32 Å². The van der Waals surface area contributed by atoms with Crippen molar-refractivity contribution in [3.05, 3.63) is 57.5 Å². The van der Waals surface area contributed by atoms with Gasteiger partial charge in [0, 0.05) is 31.3 Å². The van der Waals surface area contributed by atoms with Crippen molar-refractivity contribution in [1.29, 1.82) is 0 Å². The summed E-state index contributed by atoms with van der Waals surface area (Å²) in [6.45, 7) is 3.07. The van der Waals surface area contributed by atoms with Crippen molar-refractivity contribution < 1.29 is 9.45 Å². The van der Waals surface area contributed by atoms with Crippen molar-refractivity contribution in [1.82, 2.24) is 10.5 Å². The van der Waals surface area contributed by atoms with Crippen LogP contribution in [0.15, 0.2) is 34.9 Å². The number of nitro groups is 1. The Bertz CT molecular complexity index is 539. The molecule has 19 heavy (non-hydrogen) atoms. The summed E-state index contributed by atoms with van der Waals surface area (Å²) in [5.41, 5.74) is 1.93. The SMILES string of the molecule is Cc1cc(CNCc2ccc([N+](=O)[O-])cc2)no1.Cl. The minimum Gasteiger partial charge on any atom is -0.361 e. The van der Waals surface area contributed by atoms with Crippen LogP contribution in [-0.4, -0.2) is 10.1 Å². The second kappa shape index (κ2) is 6.86. The number of hydrogen-bond donors (Lipinski definition) is 1. The number of hydrogen-bond acceptors (Lipinski definition) is 5. The predicted molar refractivity (Wildman–Crippen MR) is 72.1 cm³/mol. The Morgan fingerprint density at radius 1 is 1.32 bits per heavy atom. The van der Waals surface area contributed by atoms with Crippen LogP contribution in [0, 0.1) is 17.0 Å². The number of nitrogens with one attached hydrogen (secondary N) is 1. The normalized spacial score (nSPS) is 9.95. The fourth-order valence-corrected chi connectivity index (χ4v) is 1.57. The molecule has 2 rings (SSSR count). The molecule has 0 aliphatic rings. The maximum atomic E-state index is 10.5. The standard InChI is InChI=1S/C12H13N3O3.ClH/c1-9-6-11(14-18-9)8-13-7-10-2-4-12(5-3-10)15(16)17;/h2-6,13H,7-8H2,1H3;1H. The zero-order valence-corrected chi connectivity index (χ0v) is 11.1. The number of rotatable bonds is 5. The molecular formula is C12H14ClN3O3. The number of aryl methyl sites for hydroxylation is 1. The van der Waals surface area contributed by atoms with Gasteiger partial charge in [0.25, 0.3) is 5.69 Å². The number of halogens is 1. The molecule has 0 fully saturated rings. The highest BCUT2D eigenvalue weighted by atomic mass is 35.5. The lowest BCUT2D eigenvalue weighted by Crippen LogP contribution is -2.12. The predicted octanol–water partition coefficient (Wildman–Crippen LogP) is 2.60. The van der Waals surface area contributed by atoms with Gasteiger partial charge in [-0.2, -0.15) is 0 Å². The van der Waals surface area contributed by atoms with Crippen molar-refractivity contribution in [2.24, 2.45) is 0 Å². The van der Waals surface area contributed by atoms with E-state index in [4.69, 9.17) is 4.52 Å². The molecule has 2 aromatic rings. The van der Waals surface area contributed by atoms with Crippen LogP contribution in [0.5, 0.6) is 0 Å². The highest BCUT2D eigenvalue weighted by molar-refractivity contribution is 5.85. The monoisotopic (exact) mass is 283 g/mol. The van der Waals surface area contributed by atoms with E-state index >= 15 is 0 Å². The molecule has 1 aromatic carbocycles. The molecule has 1 aromatic heterocycles. The summed E-state index contributed by atoms with van der Waals surface area (Å²) in [5, 5.41) is 17.5. The van der Waals surface area contributed by atoms with Gasteiger partial charge in [-0.05, 0) is 12.5 Å². The van der Waals surface area contributed by atoms with Gasteiger partial charge in [0.15, 0.2) is 0 Å². The van der Waals surface area contributed by atoms with Gasteiger partial charge in [-0.15, -0.1) is 12.4 Å².